The van der Waals surface area contributed by atoms with Crippen molar-refractivity contribution < 1.29 is 19.5 Å². The molecule has 0 aliphatic rings. The van der Waals surface area contributed by atoms with Crippen molar-refractivity contribution in [3.05, 3.63) is 0 Å². The summed E-state index contributed by atoms with van der Waals surface area (Å²) in [6.45, 7) is 2.80. The van der Waals surface area contributed by atoms with Gasteiger partial charge in [0.2, 0.25) is 12.3 Å². The predicted molar refractivity (Wildman–Crippen MR) is 43.9 cm³/mol. The zero-order chi connectivity index (χ0) is 10.4. The van der Waals surface area contributed by atoms with Crippen molar-refractivity contribution in [1.82, 2.24) is 10.6 Å². The Hall–Kier alpha value is -1.59. The van der Waals surface area contributed by atoms with Gasteiger partial charge >= 0.3 is 5.97 Å². The van der Waals surface area contributed by atoms with E-state index in [1.54, 1.807) is 0 Å². The summed E-state index contributed by atoms with van der Waals surface area (Å²) in [7, 11) is 0. The first-order valence-corrected chi connectivity index (χ1v) is 3.72. The van der Waals surface area contributed by atoms with Crippen molar-refractivity contribution >= 4 is 18.3 Å². The quantitative estimate of drug-likeness (QED) is 0.468. The molecule has 6 nitrogen and oxygen atoms in total. The molecule has 0 aromatic carbocycles. The van der Waals surface area contributed by atoms with E-state index in [0.29, 0.717) is 6.41 Å². The van der Waals surface area contributed by atoms with Gasteiger partial charge in [0.25, 0.3) is 0 Å². The van der Waals surface area contributed by atoms with E-state index < -0.39 is 24.0 Å². The summed E-state index contributed by atoms with van der Waals surface area (Å²) in [5.41, 5.74) is 0. The Morgan fingerprint density at radius 3 is 2.23 bits per heavy atom. The fourth-order valence-corrected chi connectivity index (χ4v) is 0.578. The smallest absolute Gasteiger partial charge is 0.325 e. The van der Waals surface area contributed by atoms with E-state index >= 15 is 0 Å². The molecular weight excluding hydrogens is 176 g/mol. The summed E-state index contributed by atoms with van der Waals surface area (Å²) in [5.74, 6) is -1.64. The van der Waals surface area contributed by atoms with Gasteiger partial charge in [-0.1, -0.05) is 0 Å². The van der Waals surface area contributed by atoms with Crippen molar-refractivity contribution in [3.63, 3.8) is 0 Å². The number of amides is 2. The van der Waals surface area contributed by atoms with Gasteiger partial charge in [0.1, 0.15) is 12.1 Å². The predicted octanol–water partition coefficient (Wildman–Crippen LogP) is -1.29. The van der Waals surface area contributed by atoms with Crippen LogP contribution in [0.5, 0.6) is 0 Å². The molecule has 0 fully saturated rings. The maximum Gasteiger partial charge on any atom is 0.325 e. The van der Waals surface area contributed by atoms with E-state index in [2.05, 4.69) is 10.6 Å². The third-order valence-electron chi connectivity index (χ3n) is 1.44. The normalized spacial score (nSPS) is 14.0. The zero-order valence-corrected chi connectivity index (χ0v) is 7.40. The number of carboxylic acids is 1. The first-order chi connectivity index (χ1) is 5.99. The van der Waals surface area contributed by atoms with Gasteiger partial charge in [-0.25, -0.2) is 0 Å². The number of nitrogens with one attached hydrogen (secondary N) is 2. The summed E-state index contributed by atoms with van der Waals surface area (Å²) in [4.78, 5) is 31.3. The van der Waals surface area contributed by atoms with Crippen molar-refractivity contribution in [1.29, 1.82) is 0 Å². The highest BCUT2D eigenvalue weighted by atomic mass is 16.4. The Morgan fingerprint density at radius 1 is 1.31 bits per heavy atom. The molecule has 0 spiro atoms. The third-order valence-corrected chi connectivity index (χ3v) is 1.44. The fraction of sp³-hybridized carbons (Fsp3) is 0.571. The molecule has 0 bridgehead atoms. The van der Waals surface area contributed by atoms with Crippen LogP contribution in [-0.2, 0) is 14.4 Å². The summed E-state index contributed by atoms with van der Waals surface area (Å²) in [6, 6.07) is -1.68. The number of carbonyl (C=O) groups excluding carboxylic acids is 2. The van der Waals surface area contributed by atoms with E-state index in [0.717, 1.165) is 0 Å². The van der Waals surface area contributed by atoms with Gasteiger partial charge in [0.05, 0.1) is 0 Å². The van der Waals surface area contributed by atoms with E-state index in [1.165, 1.54) is 13.8 Å². The molecule has 6 heteroatoms. The monoisotopic (exact) mass is 188 g/mol. The van der Waals surface area contributed by atoms with Crippen molar-refractivity contribution in [2.75, 3.05) is 0 Å². The molecule has 0 aliphatic heterocycles. The molecule has 0 aromatic heterocycles. The second-order valence-corrected chi connectivity index (χ2v) is 2.57. The van der Waals surface area contributed by atoms with E-state index in [1.807, 2.05) is 0 Å². The molecule has 0 unspecified atom stereocenters. The van der Waals surface area contributed by atoms with Crippen molar-refractivity contribution in [3.8, 4) is 0 Å². The van der Waals surface area contributed by atoms with Crippen LogP contribution in [0.2, 0.25) is 0 Å². The van der Waals surface area contributed by atoms with Crippen molar-refractivity contribution in [2.24, 2.45) is 0 Å². The minimum Gasteiger partial charge on any atom is -0.480 e. The highest BCUT2D eigenvalue weighted by Gasteiger charge is 2.17. The maximum atomic E-state index is 11.1. The van der Waals surface area contributed by atoms with Gasteiger partial charge in [0.15, 0.2) is 0 Å². The van der Waals surface area contributed by atoms with Gasteiger partial charge in [-0.05, 0) is 13.8 Å². The maximum absolute atomic E-state index is 11.1. The minimum absolute atomic E-state index is 0.385. The molecule has 0 aromatic rings. The second-order valence-electron chi connectivity index (χ2n) is 2.57. The molecule has 0 radical (unpaired) electrons. The first kappa shape index (κ1) is 11.4. The SMILES string of the molecule is C[C@H](NC(=O)[C@H](C)NC=O)C(=O)O. The van der Waals surface area contributed by atoms with Gasteiger partial charge < -0.3 is 15.7 Å². The lowest BCUT2D eigenvalue weighted by molar-refractivity contribution is -0.141. The average Bonchev–Trinajstić information content (AvgIpc) is 2.04. The minimum atomic E-state index is -1.12. The fourth-order valence-electron chi connectivity index (χ4n) is 0.578. The largest absolute Gasteiger partial charge is 0.480 e. The molecule has 0 rings (SSSR count). The summed E-state index contributed by atoms with van der Waals surface area (Å²) >= 11 is 0. The Kier molecular flexibility index (Phi) is 4.50. The molecule has 0 heterocycles. The van der Waals surface area contributed by atoms with E-state index in [-0.39, 0.29) is 0 Å². The lowest BCUT2D eigenvalue weighted by Gasteiger charge is -2.13. The Labute approximate surface area is 75.3 Å². The molecule has 74 valence electrons. The highest BCUT2D eigenvalue weighted by Crippen LogP contribution is 1.85. The molecule has 2 amide bonds. The average molecular weight is 188 g/mol. The van der Waals surface area contributed by atoms with Gasteiger partial charge in [-0.3, -0.25) is 14.4 Å². The van der Waals surface area contributed by atoms with Crippen LogP contribution in [-0.4, -0.2) is 35.5 Å². The van der Waals surface area contributed by atoms with E-state index in [4.69, 9.17) is 5.11 Å². The van der Waals surface area contributed by atoms with E-state index in [9.17, 15) is 14.4 Å². The molecule has 0 saturated carbocycles. The Bertz CT molecular complexity index is 217. The number of rotatable bonds is 5. The topological polar surface area (TPSA) is 95.5 Å². The lowest BCUT2D eigenvalue weighted by atomic mass is 10.2. The molecule has 13 heavy (non-hydrogen) atoms. The number of carbonyl (C=O) groups is 3. The van der Waals surface area contributed by atoms with Crippen LogP contribution in [0, 0.1) is 0 Å². The van der Waals surface area contributed by atoms with Crippen LogP contribution in [0.25, 0.3) is 0 Å². The Balaban J connectivity index is 3.99. The zero-order valence-electron chi connectivity index (χ0n) is 7.40. The number of carboxylic acid groups (broad SMARTS) is 1. The van der Waals surface area contributed by atoms with Crippen molar-refractivity contribution in [2.45, 2.75) is 25.9 Å². The van der Waals surface area contributed by atoms with Gasteiger partial charge in [-0.2, -0.15) is 0 Å². The second kappa shape index (κ2) is 5.13. The molecule has 0 aliphatic carbocycles. The van der Waals surface area contributed by atoms with Crippen LogP contribution < -0.4 is 10.6 Å². The summed E-state index contributed by atoms with van der Waals surface area (Å²) in [6.07, 6.45) is 0.385. The third kappa shape index (κ3) is 4.09. The molecular formula is C7H12N2O4. The standard InChI is InChI=1S/C7H12N2O4/c1-4(8-3-10)6(11)9-5(2)7(12)13/h3-5H,1-2H3,(H,8,10)(H,9,11)(H,12,13)/t4-,5-/m0/s1. The molecule has 2 atom stereocenters. The highest BCUT2D eigenvalue weighted by molar-refractivity contribution is 5.87. The van der Waals surface area contributed by atoms with Crippen LogP contribution in [0.1, 0.15) is 13.8 Å². The van der Waals surface area contributed by atoms with Crippen LogP contribution in [0.15, 0.2) is 0 Å². The van der Waals surface area contributed by atoms with Crippen LogP contribution in [0.4, 0.5) is 0 Å². The molecule has 0 saturated heterocycles. The lowest BCUT2D eigenvalue weighted by Crippen LogP contribution is -2.47. The number of hydrogen-bond donors (Lipinski definition) is 3. The van der Waals surface area contributed by atoms with Crippen LogP contribution >= 0.6 is 0 Å². The Morgan fingerprint density at radius 2 is 1.85 bits per heavy atom. The van der Waals surface area contributed by atoms with Gasteiger partial charge in [-0.15, -0.1) is 0 Å². The molecule has 3 N–H and O–H groups in total. The summed E-state index contributed by atoms with van der Waals surface area (Å²) < 4.78 is 0. The number of hydrogen-bond acceptors (Lipinski definition) is 3. The number of aliphatic carboxylic acids is 1. The summed E-state index contributed by atoms with van der Waals surface area (Å²) in [5, 5.41) is 12.8. The van der Waals surface area contributed by atoms with Crippen LogP contribution in [0.3, 0.4) is 0 Å². The first-order valence-electron chi connectivity index (χ1n) is 3.72. The van der Waals surface area contributed by atoms with Gasteiger partial charge in [0, 0.05) is 0 Å².